The number of hydrogen-bond acceptors (Lipinski definition) is 5. The van der Waals surface area contributed by atoms with E-state index < -0.39 is 0 Å². The van der Waals surface area contributed by atoms with E-state index in [0.717, 1.165) is 33.0 Å². The molecule has 0 aliphatic carbocycles. The third-order valence-electron chi connectivity index (χ3n) is 3.51. The van der Waals surface area contributed by atoms with Gasteiger partial charge in [-0.05, 0) is 67.9 Å². The molecule has 0 atom stereocenters. The lowest BCUT2D eigenvalue weighted by atomic mass is 10.2. The molecule has 5 nitrogen and oxygen atoms in total. The average molecular weight is 399 g/mol. The van der Waals surface area contributed by atoms with Crippen molar-refractivity contribution in [2.45, 2.75) is 13.8 Å². The molecule has 0 radical (unpaired) electrons. The molecule has 1 aromatic heterocycles. The highest BCUT2D eigenvalue weighted by Crippen LogP contribution is 2.23. The summed E-state index contributed by atoms with van der Waals surface area (Å²) in [4.78, 5) is 8.76. The highest BCUT2D eigenvalue weighted by Gasteiger charge is 2.03. The van der Waals surface area contributed by atoms with Crippen LogP contribution < -0.4 is 15.4 Å². The summed E-state index contributed by atoms with van der Waals surface area (Å²) in [5, 5.41) is 6.49. The molecule has 128 valence electrons. The Hall–Kier alpha value is -2.60. The first-order valence-corrected chi connectivity index (χ1v) is 8.79. The third kappa shape index (κ3) is 4.70. The number of nitrogens with zero attached hydrogens (tertiary/aromatic N) is 2. The molecule has 0 bridgehead atoms. The smallest absolute Gasteiger partial charge is 0.229 e. The summed E-state index contributed by atoms with van der Waals surface area (Å²) in [6.45, 7) is 4.67. The third-order valence-corrected chi connectivity index (χ3v) is 4.40. The Labute approximate surface area is 155 Å². The Kier molecular flexibility index (Phi) is 5.50. The lowest BCUT2D eigenvalue weighted by Crippen LogP contribution is -2.00. The molecule has 3 aromatic rings. The summed E-state index contributed by atoms with van der Waals surface area (Å²) >= 11 is 3.51. The van der Waals surface area contributed by atoms with E-state index in [1.807, 2.05) is 56.3 Å². The van der Waals surface area contributed by atoms with Gasteiger partial charge in [-0.3, -0.25) is 0 Å². The number of aryl methyl sites for hydroxylation is 1. The minimum absolute atomic E-state index is 0.531. The van der Waals surface area contributed by atoms with Gasteiger partial charge in [0.25, 0.3) is 0 Å². The minimum Gasteiger partial charge on any atom is -0.494 e. The predicted octanol–water partition coefficient (Wildman–Crippen LogP) is 5.43. The normalized spacial score (nSPS) is 10.4. The zero-order valence-corrected chi connectivity index (χ0v) is 15.7. The van der Waals surface area contributed by atoms with Gasteiger partial charge in [0.15, 0.2) is 0 Å². The van der Waals surface area contributed by atoms with E-state index in [0.29, 0.717) is 12.6 Å². The Bertz CT molecular complexity index is 852. The van der Waals surface area contributed by atoms with Gasteiger partial charge in [0.1, 0.15) is 11.6 Å². The topological polar surface area (TPSA) is 59.1 Å². The minimum atomic E-state index is 0.531. The number of aromatic nitrogens is 2. The van der Waals surface area contributed by atoms with Gasteiger partial charge < -0.3 is 15.4 Å². The fraction of sp³-hybridized carbons (Fsp3) is 0.158. The van der Waals surface area contributed by atoms with Gasteiger partial charge in [-0.25, -0.2) is 4.98 Å². The Balaban J connectivity index is 1.71. The second-order valence-corrected chi connectivity index (χ2v) is 6.29. The number of halogens is 1. The van der Waals surface area contributed by atoms with Gasteiger partial charge in [0.2, 0.25) is 5.95 Å². The van der Waals surface area contributed by atoms with Crippen molar-refractivity contribution in [3.63, 3.8) is 0 Å². The second-order valence-electron chi connectivity index (χ2n) is 5.44. The molecule has 0 fully saturated rings. The van der Waals surface area contributed by atoms with Crippen LogP contribution in [0.4, 0.5) is 23.1 Å². The first-order chi connectivity index (χ1) is 12.1. The Morgan fingerprint density at radius 2 is 1.76 bits per heavy atom. The maximum absolute atomic E-state index is 5.44. The molecule has 0 aliphatic rings. The van der Waals surface area contributed by atoms with Crippen LogP contribution >= 0.6 is 15.9 Å². The molecule has 0 aliphatic heterocycles. The van der Waals surface area contributed by atoms with E-state index in [1.165, 1.54) is 0 Å². The van der Waals surface area contributed by atoms with Crippen molar-refractivity contribution >= 4 is 39.1 Å². The van der Waals surface area contributed by atoms with Gasteiger partial charge in [-0.2, -0.15) is 4.98 Å². The van der Waals surface area contributed by atoms with Crippen LogP contribution in [-0.2, 0) is 0 Å². The van der Waals surface area contributed by atoms with Crippen molar-refractivity contribution < 1.29 is 4.74 Å². The van der Waals surface area contributed by atoms with Gasteiger partial charge in [0, 0.05) is 22.0 Å². The first kappa shape index (κ1) is 17.2. The van der Waals surface area contributed by atoms with E-state index in [2.05, 4.69) is 42.6 Å². The molecule has 3 rings (SSSR count). The maximum atomic E-state index is 5.44. The first-order valence-electron chi connectivity index (χ1n) is 8.00. The van der Waals surface area contributed by atoms with E-state index >= 15 is 0 Å². The summed E-state index contributed by atoms with van der Waals surface area (Å²) in [7, 11) is 0. The zero-order chi connectivity index (χ0) is 17.6. The molecule has 2 N–H and O–H groups in total. The molecule has 0 saturated carbocycles. The van der Waals surface area contributed by atoms with Gasteiger partial charge in [-0.1, -0.05) is 15.9 Å². The number of ether oxygens (including phenoxy) is 1. The van der Waals surface area contributed by atoms with Crippen molar-refractivity contribution in [2.75, 3.05) is 17.2 Å². The number of nitrogens with one attached hydrogen (secondary N) is 2. The standard InChI is InChI=1S/C19H19BrN4O/c1-3-25-16-7-4-14(5-8-16)23-19-21-11-10-18(24-19)22-15-6-9-17(20)13(2)12-15/h4-12H,3H2,1-2H3,(H2,21,22,23,24). The van der Waals surface area contributed by atoms with Crippen molar-refractivity contribution in [3.8, 4) is 5.75 Å². The second kappa shape index (κ2) is 7.98. The van der Waals surface area contributed by atoms with Crippen LogP contribution in [0.25, 0.3) is 0 Å². The van der Waals surface area contributed by atoms with Crippen LogP contribution in [0.5, 0.6) is 5.75 Å². The molecule has 6 heteroatoms. The molecular weight excluding hydrogens is 380 g/mol. The summed E-state index contributed by atoms with van der Waals surface area (Å²) in [5.74, 6) is 2.10. The predicted molar refractivity (Wildman–Crippen MR) is 105 cm³/mol. The quantitative estimate of drug-likeness (QED) is 0.579. The van der Waals surface area contributed by atoms with Crippen LogP contribution in [-0.4, -0.2) is 16.6 Å². The van der Waals surface area contributed by atoms with E-state index in [9.17, 15) is 0 Å². The van der Waals surface area contributed by atoms with Gasteiger partial charge >= 0.3 is 0 Å². The number of anilines is 4. The highest BCUT2D eigenvalue weighted by atomic mass is 79.9. The Morgan fingerprint density at radius 3 is 2.48 bits per heavy atom. The van der Waals surface area contributed by atoms with Crippen molar-refractivity contribution in [1.82, 2.24) is 9.97 Å². The summed E-state index contributed by atoms with van der Waals surface area (Å²) < 4.78 is 6.52. The van der Waals surface area contributed by atoms with E-state index in [-0.39, 0.29) is 0 Å². The van der Waals surface area contributed by atoms with Crippen LogP contribution in [0.1, 0.15) is 12.5 Å². The van der Waals surface area contributed by atoms with Crippen molar-refractivity contribution in [3.05, 3.63) is 64.8 Å². The summed E-state index contributed by atoms with van der Waals surface area (Å²) in [5.41, 5.74) is 3.04. The van der Waals surface area contributed by atoms with Crippen LogP contribution in [0.15, 0.2) is 59.2 Å². The molecule has 0 unspecified atom stereocenters. The van der Waals surface area contributed by atoms with E-state index in [4.69, 9.17) is 4.74 Å². The van der Waals surface area contributed by atoms with Crippen LogP contribution in [0.3, 0.4) is 0 Å². The lowest BCUT2D eigenvalue weighted by Gasteiger charge is -2.10. The number of benzene rings is 2. The van der Waals surface area contributed by atoms with E-state index in [1.54, 1.807) is 6.20 Å². The molecular formula is C19H19BrN4O. The van der Waals surface area contributed by atoms with Crippen molar-refractivity contribution in [1.29, 1.82) is 0 Å². The van der Waals surface area contributed by atoms with Gasteiger partial charge in [-0.15, -0.1) is 0 Å². The largest absolute Gasteiger partial charge is 0.494 e. The molecule has 0 saturated heterocycles. The zero-order valence-electron chi connectivity index (χ0n) is 14.1. The fourth-order valence-corrected chi connectivity index (χ4v) is 2.54. The molecule has 1 heterocycles. The molecule has 2 aromatic carbocycles. The lowest BCUT2D eigenvalue weighted by molar-refractivity contribution is 0.340. The molecule has 0 spiro atoms. The maximum Gasteiger partial charge on any atom is 0.229 e. The number of hydrogen-bond donors (Lipinski definition) is 2. The van der Waals surface area contributed by atoms with Crippen molar-refractivity contribution in [2.24, 2.45) is 0 Å². The monoisotopic (exact) mass is 398 g/mol. The molecule has 25 heavy (non-hydrogen) atoms. The molecule has 0 amide bonds. The van der Waals surface area contributed by atoms with Crippen LogP contribution in [0.2, 0.25) is 0 Å². The van der Waals surface area contributed by atoms with Gasteiger partial charge in [0.05, 0.1) is 6.61 Å². The average Bonchev–Trinajstić information content (AvgIpc) is 2.61. The summed E-state index contributed by atoms with van der Waals surface area (Å²) in [6, 6.07) is 15.6. The number of rotatable bonds is 6. The van der Waals surface area contributed by atoms with Crippen LogP contribution in [0, 0.1) is 6.92 Å². The highest BCUT2D eigenvalue weighted by molar-refractivity contribution is 9.10. The fourth-order valence-electron chi connectivity index (χ4n) is 2.29. The summed E-state index contributed by atoms with van der Waals surface area (Å²) in [6.07, 6.45) is 1.72. The Morgan fingerprint density at radius 1 is 1.00 bits per heavy atom. The SMILES string of the molecule is CCOc1ccc(Nc2nccc(Nc3ccc(Br)c(C)c3)n2)cc1.